The first kappa shape index (κ1) is 9.04. The van der Waals surface area contributed by atoms with Gasteiger partial charge in [-0.1, -0.05) is 0 Å². The number of ether oxygens (including phenoxy) is 1. The average molecular weight is 162 g/mol. The first-order valence-corrected chi connectivity index (χ1v) is 2.51. The average Bonchev–Trinajstić information content (AvgIpc) is 1.89. The molecule has 0 amide bonds. The van der Waals surface area contributed by atoms with Crippen molar-refractivity contribution in [3.05, 3.63) is 18.5 Å². The van der Waals surface area contributed by atoms with Crippen LogP contribution in [0.1, 0.15) is 0 Å². The Kier molecular flexibility index (Phi) is 3.57. The summed E-state index contributed by atoms with van der Waals surface area (Å²) in [6, 6.07) is 1.59. The highest BCUT2D eigenvalue weighted by Gasteiger charge is 1.95. The van der Waals surface area contributed by atoms with Crippen molar-refractivity contribution in [3.63, 3.8) is 0 Å². The highest BCUT2D eigenvalue weighted by molar-refractivity contribution is 5.85. The Labute approximate surface area is 65.1 Å². The molecule has 4 heteroatoms. The summed E-state index contributed by atoms with van der Waals surface area (Å²) in [6.07, 6.45) is 2.89. The maximum Gasteiger partial charge on any atom is 0.176 e. The number of nitrogens with zero attached hydrogens (tertiary/aromatic N) is 1. The third kappa shape index (κ3) is 1.77. The molecule has 0 aliphatic rings. The van der Waals surface area contributed by atoms with Gasteiger partial charge < -0.3 is 9.84 Å². The van der Waals surface area contributed by atoms with Crippen molar-refractivity contribution in [2.24, 2.45) is 0 Å². The standard InChI is InChI=1S/C6H7NO2.ClH/c1-9-6-2-3-7-4-5(6)8;/h2-4,8H,1H3;1H. The van der Waals surface area contributed by atoms with E-state index in [1.165, 1.54) is 13.3 Å². The molecule has 1 heterocycles. The molecular formula is C6H8ClNO2. The molecule has 0 spiro atoms. The minimum atomic E-state index is 0. The Hall–Kier alpha value is -0.960. The van der Waals surface area contributed by atoms with Gasteiger partial charge in [0.05, 0.1) is 13.3 Å². The van der Waals surface area contributed by atoms with E-state index in [2.05, 4.69) is 4.98 Å². The number of rotatable bonds is 1. The highest BCUT2D eigenvalue weighted by atomic mass is 35.5. The summed E-state index contributed by atoms with van der Waals surface area (Å²) < 4.78 is 4.75. The number of aromatic hydroxyl groups is 1. The van der Waals surface area contributed by atoms with Crippen LogP contribution in [0.25, 0.3) is 0 Å². The van der Waals surface area contributed by atoms with Gasteiger partial charge >= 0.3 is 0 Å². The summed E-state index contributed by atoms with van der Waals surface area (Å²) in [5, 5.41) is 8.92. The minimum Gasteiger partial charge on any atom is -0.503 e. The summed E-state index contributed by atoms with van der Waals surface area (Å²) in [4.78, 5) is 3.66. The minimum absolute atomic E-state index is 0. The quantitative estimate of drug-likeness (QED) is 0.674. The maximum absolute atomic E-state index is 8.92. The SMILES string of the molecule is COc1ccncc1O.Cl. The van der Waals surface area contributed by atoms with Gasteiger partial charge in [0.15, 0.2) is 11.5 Å². The van der Waals surface area contributed by atoms with E-state index in [0.29, 0.717) is 5.75 Å². The van der Waals surface area contributed by atoms with Gasteiger partial charge in [-0.15, -0.1) is 12.4 Å². The van der Waals surface area contributed by atoms with Gasteiger partial charge in [0.1, 0.15) is 0 Å². The Morgan fingerprint density at radius 1 is 1.60 bits per heavy atom. The molecule has 1 rings (SSSR count). The van der Waals surface area contributed by atoms with Crippen LogP contribution in [0.5, 0.6) is 11.5 Å². The monoisotopic (exact) mass is 161 g/mol. The molecule has 1 N–H and O–H groups in total. The third-order valence-electron chi connectivity index (χ3n) is 0.981. The lowest BCUT2D eigenvalue weighted by Crippen LogP contribution is -1.82. The smallest absolute Gasteiger partial charge is 0.176 e. The number of halogens is 1. The topological polar surface area (TPSA) is 42.4 Å². The zero-order chi connectivity index (χ0) is 6.69. The molecule has 0 fully saturated rings. The molecule has 0 aliphatic heterocycles. The molecule has 1 aromatic heterocycles. The van der Waals surface area contributed by atoms with Crippen LogP contribution in [-0.2, 0) is 0 Å². The lowest BCUT2D eigenvalue weighted by Gasteiger charge is -1.98. The molecule has 3 nitrogen and oxygen atoms in total. The van der Waals surface area contributed by atoms with Crippen molar-refractivity contribution in [2.45, 2.75) is 0 Å². The normalized spacial score (nSPS) is 8.10. The summed E-state index contributed by atoms with van der Waals surface area (Å²) in [5.41, 5.74) is 0. The van der Waals surface area contributed by atoms with Crippen LogP contribution >= 0.6 is 12.4 Å². The van der Waals surface area contributed by atoms with Gasteiger partial charge in [0, 0.05) is 12.3 Å². The number of methoxy groups -OCH3 is 1. The molecule has 0 bridgehead atoms. The predicted molar refractivity (Wildman–Crippen MR) is 39.7 cm³/mol. The molecule has 56 valence electrons. The fourth-order valence-corrected chi connectivity index (χ4v) is 0.546. The molecule has 1 aromatic rings. The van der Waals surface area contributed by atoms with E-state index in [1.807, 2.05) is 0 Å². The van der Waals surface area contributed by atoms with Crippen molar-refractivity contribution in [2.75, 3.05) is 7.11 Å². The Balaban J connectivity index is 0.000000810. The lowest BCUT2D eigenvalue weighted by atomic mass is 10.4. The summed E-state index contributed by atoms with van der Waals surface area (Å²) >= 11 is 0. The van der Waals surface area contributed by atoms with Crippen molar-refractivity contribution in [1.29, 1.82) is 0 Å². The first-order chi connectivity index (χ1) is 4.34. The summed E-state index contributed by atoms with van der Waals surface area (Å²) in [5.74, 6) is 0.519. The van der Waals surface area contributed by atoms with E-state index in [1.54, 1.807) is 12.3 Å². The van der Waals surface area contributed by atoms with Gasteiger partial charge in [-0.3, -0.25) is 4.98 Å². The molecule has 0 radical (unpaired) electrons. The maximum atomic E-state index is 8.92. The molecule has 0 atom stereocenters. The second-order valence-electron chi connectivity index (χ2n) is 1.55. The van der Waals surface area contributed by atoms with Gasteiger partial charge in [-0.05, 0) is 0 Å². The van der Waals surface area contributed by atoms with E-state index >= 15 is 0 Å². The Morgan fingerprint density at radius 3 is 2.70 bits per heavy atom. The van der Waals surface area contributed by atoms with Gasteiger partial charge in [0.25, 0.3) is 0 Å². The molecule has 0 saturated heterocycles. The number of pyridine rings is 1. The fourth-order valence-electron chi connectivity index (χ4n) is 0.546. The van der Waals surface area contributed by atoms with Crippen LogP contribution < -0.4 is 4.74 Å². The van der Waals surface area contributed by atoms with Crippen molar-refractivity contribution in [3.8, 4) is 11.5 Å². The van der Waals surface area contributed by atoms with Gasteiger partial charge in [0.2, 0.25) is 0 Å². The van der Waals surface area contributed by atoms with Crippen LogP contribution in [0, 0.1) is 0 Å². The van der Waals surface area contributed by atoms with Crippen LogP contribution in [-0.4, -0.2) is 17.2 Å². The number of aromatic nitrogens is 1. The fraction of sp³-hybridized carbons (Fsp3) is 0.167. The first-order valence-electron chi connectivity index (χ1n) is 2.51. The van der Waals surface area contributed by atoms with Crippen LogP contribution in [0.3, 0.4) is 0 Å². The van der Waals surface area contributed by atoms with Crippen molar-refractivity contribution in [1.82, 2.24) is 4.98 Å². The second-order valence-corrected chi connectivity index (χ2v) is 1.55. The zero-order valence-corrected chi connectivity index (χ0v) is 6.26. The van der Waals surface area contributed by atoms with E-state index in [-0.39, 0.29) is 18.2 Å². The van der Waals surface area contributed by atoms with Crippen molar-refractivity contribution >= 4 is 12.4 Å². The highest BCUT2D eigenvalue weighted by Crippen LogP contribution is 2.21. The van der Waals surface area contributed by atoms with E-state index in [4.69, 9.17) is 9.84 Å². The number of hydrogen-bond donors (Lipinski definition) is 1. The molecule has 0 aromatic carbocycles. The molecule has 0 saturated carbocycles. The largest absolute Gasteiger partial charge is 0.503 e. The molecule has 10 heavy (non-hydrogen) atoms. The van der Waals surface area contributed by atoms with Crippen molar-refractivity contribution < 1.29 is 9.84 Å². The predicted octanol–water partition coefficient (Wildman–Crippen LogP) is 1.22. The Morgan fingerprint density at radius 2 is 2.30 bits per heavy atom. The zero-order valence-electron chi connectivity index (χ0n) is 5.44. The van der Waals surface area contributed by atoms with Crippen LogP contribution in [0.2, 0.25) is 0 Å². The summed E-state index contributed by atoms with van der Waals surface area (Å²) in [7, 11) is 1.50. The third-order valence-corrected chi connectivity index (χ3v) is 0.981. The molecule has 0 aliphatic carbocycles. The number of hydrogen-bond acceptors (Lipinski definition) is 3. The molecular weight excluding hydrogens is 154 g/mol. The van der Waals surface area contributed by atoms with Gasteiger partial charge in [-0.2, -0.15) is 0 Å². The molecule has 0 unspecified atom stereocenters. The van der Waals surface area contributed by atoms with Gasteiger partial charge in [-0.25, -0.2) is 0 Å². The summed E-state index contributed by atoms with van der Waals surface area (Å²) in [6.45, 7) is 0. The van der Waals surface area contributed by atoms with E-state index in [9.17, 15) is 0 Å². The van der Waals surface area contributed by atoms with Crippen LogP contribution in [0.4, 0.5) is 0 Å². The van der Waals surface area contributed by atoms with E-state index < -0.39 is 0 Å². The van der Waals surface area contributed by atoms with E-state index in [0.717, 1.165) is 0 Å². The lowest BCUT2D eigenvalue weighted by molar-refractivity contribution is 0.372. The second kappa shape index (κ2) is 3.95. The Bertz CT molecular complexity index is 205. The van der Waals surface area contributed by atoms with Crippen LogP contribution in [0.15, 0.2) is 18.5 Å².